The lowest BCUT2D eigenvalue weighted by molar-refractivity contribution is -0.221. The van der Waals surface area contributed by atoms with Gasteiger partial charge in [-0.15, -0.1) is 0 Å². The second-order valence-corrected chi connectivity index (χ2v) is 3.40. The van der Waals surface area contributed by atoms with Crippen molar-refractivity contribution in [1.29, 1.82) is 0 Å². The molecule has 1 rings (SSSR count). The highest BCUT2D eigenvalue weighted by Gasteiger charge is 2.38. The van der Waals surface area contributed by atoms with E-state index in [1.165, 1.54) is 5.48 Å². The van der Waals surface area contributed by atoms with E-state index in [0.717, 1.165) is 18.2 Å². The van der Waals surface area contributed by atoms with Crippen LogP contribution in [0.3, 0.4) is 0 Å². The average molecular weight is 285 g/mol. The van der Waals surface area contributed by atoms with Gasteiger partial charge in [-0.3, -0.25) is 9.63 Å². The van der Waals surface area contributed by atoms with Crippen LogP contribution >= 0.6 is 0 Å². The molecule has 0 bridgehead atoms. The number of nitrogens with one attached hydrogen (secondary N) is 1. The molecule has 1 aromatic carbocycles. The zero-order chi connectivity index (χ0) is 14.6. The van der Waals surface area contributed by atoms with Gasteiger partial charge in [-0.2, -0.15) is 13.2 Å². The lowest BCUT2D eigenvalue weighted by Gasteiger charge is -2.14. The van der Waals surface area contributed by atoms with Crippen LogP contribution in [0.1, 0.15) is 10.4 Å². The highest BCUT2D eigenvalue weighted by Crippen LogP contribution is 2.19. The maximum atomic E-state index is 13.1. The zero-order valence-corrected chi connectivity index (χ0v) is 9.17. The number of alkyl halides is 3. The Morgan fingerprint density at radius 2 is 2.00 bits per heavy atom. The van der Waals surface area contributed by atoms with Gasteiger partial charge in [-0.1, -0.05) is 6.07 Å². The Morgan fingerprint density at radius 1 is 1.37 bits per heavy atom. The summed E-state index contributed by atoms with van der Waals surface area (Å²) < 4.78 is 61.5. The van der Waals surface area contributed by atoms with E-state index in [4.69, 9.17) is 5.11 Å². The minimum atomic E-state index is -4.91. The second-order valence-electron chi connectivity index (χ2n) is 3.40. The molecule has 0 spiro atoms. The van der Waals surface area contributed by atoms with Crippen molar-refractivity contribution in [3.05, 3.63) is 35.4 Å². The minimum Gasteiger partial charge on any atom is -0.381 e. The van der Waals surface area contributed by atoms with Crippen LogP contribution in [0.15, 0.2) is 18.2 Å². The van der Waals surface area contributed by atoms with Gasteiger partial charge in [0.05, 0.1) is 5.56 Å². The number of hydroxylamine groups is 1. The van der Waals surface area contributed by atoms with Crippen molar-refractivity contribution < 1.29 is 36.7 Å². The zero-order valence-electron chi connectivity index (χ0n) is 9.17. The summed E-state index contributed by atoms with van der Waals surface area (Å²) in [6.45, 7) is -1.27. The summed E-state index contributed by atoms with van der Waals surface area (Å²) in [7, 11) is 0. The number of rotatable bonds is 4. The molecule has 1 atom stereocenters. The van der Waals surface area contributed by atoms with Crippen LogP contribution in [0.2, 0.25) is 0 Å². The Hall–Kier alpha value is -1.74. The van der Waals surface area contributed by atoms with Gasteiger partial charge in [0.2, 0.25) is 0 Å². The molecule has 0 aliphatic carbocycles. The summed E-state index contributed by atoms with van der Waals surface area (Å²) >= 11 is 0. The van der Waals surface area contributed by atoms with Crippen molar-refractivity contribution in [3.63, 3.8) is 0 Å². The smallest absolute Gasteiger partial charge is 0.381 e. The van der Waals surface area contributed by atoms with Gasteiger partial charge in [0.25, 0.3) is 5.91 Å². The van der Waals surface area contributed by atoms with Gasteiger partial charge in [0.1, 0.15) is 6.61 Å². The number of aliphatic hydroxyl groups excluding tert-OH is 1. The predicted octanol–water partition coefficient (Wildman–Crippen LogP) is 1.55. The van der Waals surface area contributed by atoms with Gasteiger partial charge >= 0.3 is 6.18 Å². The van der Waals surface area contributed by atoms with Gasteiger partial charge in [-0.05, 0) is 12.1 Å². The summed E-state index contributed by atoms with van der Waals surface area (Å²) in [5, 5.41) is 8.53. The first-order valence-electron chi connectivity index (χ1n) is 4.84. The molecule has 1 unspecified atom stereocenters. The molecule has 19 heavy (non-hydrogen) atoms. The summed E-state index contributed by atoms with van der Waals surface area (Å²) in [5.41, 5.74) is 0.730. The Balaban J connectivity index is 2.55. The molecule has 9 heteroatoms. The Morgan fingerprint density at radius 3 is 2.58 bits per heavy atom. The molecule has 0 saturated heterocycles. The average Bonchev–Trinajstić information content (AvgIpc) is 2.31. The molecule has 0 fully saturated rings. The SMILES string of the molecule is O=C(NOCC(O)C(F)(F)F)c1cccc(F)c1F. The Kier molecular flexibility index (Phi) is 4.78. The molecule has 4 nitrogen and oxygen atoms in total. The van der Waals surface area contributed by atoms with Crippen molar-refractivity contribution >= 4 is 5.91 Å². The molecule has 0 aliphatic heterocycles. The van der Waals surface area contributed by atoms with E-state index >= 15 is 0 Å². The van der Waals surface area contributed by atoms with Crippen LogP contribution in [0.5, 0.6) is 0 Å². The molecule has 1 aromatic rings. The van der Waals surface area contributed by atoms with E-state index in [1.807, 2.05) is 0 Å². The molecule has 2 N–H and O–H groups in total. The van der Waals surface area contributed by atoms with Crippen LogP contribution in [-0.2, 0) is 4.84 Å². The quantitative estimate of drug-likeness (QED) is 0.652. The third-order valence-corrected chi connectivity index (χ3v) is 1.98. The largest absolute Gasteiger partial charge is 0.416 e. The summed E-state index contributed by atoms with van der Waals surface area (Å²) in [5.74, 6) is -4.02. The first kappa shape index (κ1) is 15.3. The lowest BCUT2D eigenvalue weighted by atomic mass is 10.2. The number of benzene rings is 1. The molecule has 0 aromatic heterocycles. The second kappa shape index (κ2) is 5.93. The maximum Gasteiger partial charge on any atom is 0.416 e. The predicted molar refractivity (Wildman–Crippen MR) is 51.8 cm³/mol. The lowest BCUT2D eigenvalue weighted by Crippen LogP contribution is -2.36. The van der Waals surface area contributed by atoms with E-state index in [2.05, 4.69) is 4.84 Å². The fraction of sp³-hybridized carbons (Fsp3) is 0.300. The summed E-state index contributed by atoms with van der Waals surface area (Å²) in [6, 6.07) is 2.72. The topological polar surface area (TPSA) is 58.6 Å². The van der Waals surface area contributed by atoms with E-state index in [9.17, 15) is 26.7 Å². The third kappa shape index (κ3) is 4.14. The molecular weight excluding hydrogens is 277 g/mol. The monoisotopic (exact) mass is 285 g/mol. The normalized spacial score (nSPS) is 13.2. The Labute approximate surface area is 103 Å². The van der Waals surface area contributed by atoms with Crippen LogP contribution in [0.4, 0.5) is 22.0 Å². The highest BCUT2D eigenvalue weighted by molar-refractivity contribution is 5.93. The van der Waals surface area contributed by atoms with E-state index in [0.29, 0.717) is 0 Å². The standard InChI is InChI=1S/C10H8F5NO3/c11-6-3-1-2-5(8(6)12)9(18)16-19-4-7(17)10(13,14)15/h1-3,7,17H,4H2,(H,16,18). The minimum absolute atomic E-state index is 0.735. The van der Waals surface area contributed by atoms with Crippen molar-refractivity contribution in [2.24, 2.45) is 0 Å². The molecule has 0 radical (unpaired) electrons. The van der Waals surface area contributed by atoms with Crippen LogP contribution in [0.25, 0.3) is 0 Å². The molecule has 0 saturated carbocycles. The highest BCUT2D eigenvalue weighted by atomic mass is 19.4. The van der Waals surface area contributed by atoms with E-state index < -0.39 is 42.0 Å². The third-order valence-electron chi connectivity index (χ3n) is 1.98. The van der Waals surface area contributed by atoms with Gasteiger partial charge in [-0.25, -0.2) is 14.3 Å². The van der Waals surface area contributed by atoms with Crippen molar-refractivity contribution in [2.75, 3.05) is 6.61 Å². The van der Waals surface area contributed by atoms with E-state index in [1.54, 1.807) is 0 Å². The summed E-state index contributed by atoms with van der Waals surface area (Å²) in [6.07, 6.45) is -7.71. The fourth-order valence-electron chi connectivity index (χ4n) is 1.01. The number of hydrogen-bond donors (Lipinski definition) is 2. The molecule has 0 heterocycles. The number of halogens is 5. The van der Waals surface area contributed by atoms with Crippen LogP contribution in [0, 0.1) is 11.6 Å². The van der Waals surface area contributed by atoms with E-state index in [-0.39, 0.29) is 0 Å². The number of hydrogen-bond acceptors (Lipinski definition) is 3. The number of carbonyl (C=O) groups excluding carboxylic acids is 1. The number of amides is 1. The maximum absolute atomic E-state index is 13.1. The summed E-state index contributed by atoms with van der Waals surface area (Å²) in [4.78, 5) is 15.3. The van der Waals surface area contributed by atoms with Crippen molar-refractivity contribution in [1.82, 2.24) is 5.48 Å². The molecular formula is C10H8F5NO3. The Bertz CT molecular complexity index is 463. The van der Waals surface area contributed by atoms with Gasteiger partial charge in [0, 0.05) is 0 Å². The first-order valence-corrected chi connectivity index (χ1v) is 4.84. The number of aliphatic hydroxyl groups is 1. The first-order chi connectivity index (χ1) is 8.73. The van der Waals surface area contributed by atoms with Crippen LogP contribution < -0.4 is 5.48 Å². The van der Waals surface area contributed by atoms with Gasteiger partial charge in [0.15, 0.2) is 17.7 Å². The fourth-order valence-corrected chi connectivity index (χ4v) is 1.01. The van der Waals surface area contributed by atoms with Crippen molar-refractivity contribution in [2.45, 2.75) is 12.3 Å². The molecule has 0 aliphatic rings. The number of carbonyl (C=O) groups is 1. The molecule has 106 valence electrons. The molecule has 1 amide bonds. The van der Waals surface area contributed by atoms with Gasteiger partial charge < -0.3 is 5.11 Å². The van der Waals surface area contributed by atoms with Crippen LogP contribution in [-0.4, -0.2) is 29.9 Å². The van der Waals surface area contributed by atoms with Crippen molar-refractivity contribution in [3.8, 4) is 0 Å².